The van der Waals surface area contributed by atoms with Crippen molar-refractivity contribution in [2.24, 2.45) is 0 Å². The largest absolute Gasteiger partial charge is 0.364 e. The molecule has 2 rings (SSSR count). The van der Waals surface area contributed by atoms with E-state index in [1.165, 1.54) is 6.07 Å². The predicted octanol–water partition coefficient (Wildman–Crippen LogP) is 2.38. The van der Waals surface area contributed by atoms with Crippen LogP contribution in [0.5, 0.6) is 0 Å². The molecule has 4 nitrogen and oxygen atoms in total. The van der Waals surface area contributed by atoms with Gasteiger partial charge < -0.3 is 9.79 Å². The lowest BCUT2D eigenvalue weighted by atomic mass is 10.2. The number of alkyl halides is 1. The number of fused-ring (bicyclic) bond motifs is 1. The number of hydrogen-bond acceptors (Lipinski definition) is 2. The highest BCUT2D eigenvalue weighted by Crippen LogP contribution is 2.52. The van der Waals surface area contributed by atoms with Gasteiger partial charge in [0.1, 0.15) is 0 Å². The van der Waals surface area contributed by atoms with E-state index in [1.807, 2.05) is 0 Å². The molecule has 1 unspecified atom stereocenters. The first-order chi connectivity index (χ1) is 7.48. The molecule has 0 fully saturated rings. The van der Waals surface area contributed by atoms with Crippen molar-refractivity contribution in [3.05, 3.63) is 42.1 Å². The minimum absolute atomic E-state index is 0.105. The van der Waals surface area contributed by atoms with Crippen LogP contribution in [0.2, 0.25) is 0 Å². The van der Waals surface area contributed by atoms with Gasteiger partial charge in [-0.05, 0) is 12.1 Å². The zero-order chi connectivity index (χ0) is 11.8. The topological polar surface area (TPSA) is 70.4 Å². The molecule has 0 spiro atoms. The summed E-state index contributed by atoms with van der Waals surface area (Å²) < 4.78 is 24.1. The van der Waals surface area contributed by atoms with Crippen molar-refractivity contribution in [2.45, 2.75) is 5.91 Å². The summed E-state index contributed by atoms with van der Waals surface area (Å²) in [4.78, 5) is 21.4. The molecule has 2 N–H and O–H groups in total. The van der Waals surface area contributed by atoms with Crippen LogP contribution in [0.3, 0.4) is 0 Å². The van der Waals surface area contributed by atoms with Gasteiger partial charge in [-0.3, -0.25) is 9.55 Å². The van der Waals surface area contributed by atoms with Gasteiger partial charge >= 0.3 is 7.60 Å². The fourth-order valence-electron chi connectivity index (χ4n) is 1.41. The molecule has 0 bridgehead atoms. The van der Waals surface area contributed by atoms with Gasteiger partial charge in [0.15, 0.2) is 0 Å². The van der Waals surface area contributed by atoms with Crippen molar-refractivity contribution in [1.29, 1.82) is 0 Å². The normalized spacial score (nSPS) is 13.9. The Morgan fingerprint density at radius 2 is 2.00 bits per heavy atom. The molecule has 16 heavy (non-hydrogen) atoms. The molecular formula is C10H9FNO3P. The van der Waals surface area contributed by atoms with Gasteiger partial charge in [-0.2, -0.15) is 0 Å². The molecule has 1 aromatic heterocycles. The van der Waals surface area contributed by atoms with E-state index in [4.69, 9.17) is 9.79 Å². The van der Waals surface area contributed by atoms with Crippen LogP contribution in [0, 0.1) is 0 Å². The fourth-order valence-corrected chi connectivity index (χ4v) is 1.94. The molecule has 1 heterocycles. The molecular weight excluding hydrogens is 232 g/mol. The second kappa shape index (κ2) is 3.94. The number of para-hydroxylation sites is 1. The van der Waals surface area contributed by atoms with Crippen LogP contribution >= 0.6 is 7.60 Å². The Bertz CT molecular complexity index is 569. The summed E-state index contributed by atoms with van der Waals surface area (Å²) in [6.45, 7) is 0. The van der Waals surface area contributed by atoms with E-state index in [-0.39, 0.29) is 5.56 Å². The summed E-state index contributed by atoms with van der Waals surface area (Å²) in [6, 6.07) is 8.37. The Kier molecular flexibility index (Phi) is 2.76. The summed E-state index contributed by atoms with van der Waals surface area (Å²) in [5, 5.41) is 0.649. The lowest BCUT2D eigenvalue weighted by Gasteiger charge is -2.10. The summed E-state index contributed by atoms with van der Waals surface area (Å²) in [5.74, 6) is -2.32. The average Bonchev–Trinajstić information content (AvgIpc) is 2.26. The number of halogens is 1. The minimum atomic E-state index is -4.76. The molecule has 0 saturated carbocycles. The Hall–Kier alpha value is -1.29. The zero-order valence-electron chi connectivity index (χ0n) is 8.12. The highest BCUT2D eigenvalue weighted by Gasteiger charge is 2.30. The fraction of sp³-hybridized carbons (Fsp3) is 0.100. The van der Waals surface area contributed by atoms with Crippen molar-refractivity contribution in [2.75, 3.05) is 0 Å². The van der Waals surface area contributed by atoms with Gasteiger partial charge in [0, 0.05) is 17.1 Å². The molecule has 84 valence electrons. The van der Waals surface area contributed by atoms with E-state index < -0.39 is 13.5 Å². The highest BCUT2D eigenvalue weighted by molar-refractivity contribution is 7.51. The molecule has 0 aliphatic carbocycles. The van der Waals surface area contributed by atoms with Crippen LogP contribution in [-0.4, -0.2) is 14.8 Å². The third kappa shape index (κ3) is 2.11. The van der Waals surface area contributed by atoms with Crippen molar-refractivity contribution in [3.8, 4) is 0 Å². The maximum atomic E-state index is 13.4. The summed E-state index contributed by atoms with van der Waals surface area (Å²) >= 11 is 0. The molecule has 6 heteroatoms. The van der Waals surface area contributed by atoms with E-state index >= 15 is 0 Å². The number of hydrogen-bond donors (Lipinski definition) is 2. The molecule has 1 aromatic carbocycles. The number of benzene rings is 1. The molecule has 0 amide bonds. The lowest BCUT2D eigenvalue weighted by Crippen LogP contribution is -1.94. The van der Waals surface area contributed by atoms with E-state index in [2.05, 4.69) is 4.98 Å². The standard InChI is InChI=1S/C10H9FNO3P/c11-10(16(13,14)15)8-5-7-3-1-2-4-9(7)12-6-8/h1-6,10H,(H2,13,14,15). The van der Waals surface area contributed by atoms with E-state index in [0.29, 0.717) is 10.9 Å². The van der Waals surface area contributed by atoms with Gasteiger partial charge in [-0.25, -0.2) is 4.39 Å². The van der Waals surface area contributed by atoms with E-state index in [0.717, 1.165) is 6.20 Å². The number of aromatic nitrogens is 1. The Balaban J connectivity index is 2.51. The number of rotatable bonds is 2. The maximum Gasteiger partial charge on any atom is 0.364 e. The van der Waals surface area contributed by atoms with Gasteiger partial charge in [-0.15, -0.1) is 0 Å². The molecule has 1 atom stereocenters. The molecule has 0 aliphatic heterocycles. The molecule has 2 aromatic rings. The van der Waals surface area contributed by atoms with Gasteiger partial charge in [-0.1, -0.05) is 18.2 Å². The molecule has 0 aliphatic rings. The monoisotopic (exact) mass is 241 g/mol. The van der Waals surface area contributed by atoms with Crippen molar-refractivity contribution >= 4 is 18.5 Å². The first kappa shape index (κ1) is 11.2. The Labute approximate surface area is 90.9 Å². The van der Waals surface area contributed by atoms with Gasteiger partial charge in [0.25, 0.3) is 0 Å². The van der Waals surface area contributed by atoms with Crippen LogP contribution in [-0.2, 0) is 4.57 Å². The van der Waals surface area contributed by atoms with Crippen molar-refractivity contribution < 1.29 is 18.7 Å². The van der Waals surface area contributed by atoms with Gasteiger partial charge in [0.2, 0.25) is 5.91 Å². The number of nitrogens with zero attached hydrogens (tertiary/aromatic N) is 1. The Morgan fingerprint density at radius 3 is 2.69 bits per heavy atom. The van der Waals surface area contributed by atoms with Crippen molar-refractivity contribution in [1.82, 2.24) is 4.98 Å². The third-order valence-corrected chi connectivity index (χ3v) is 3.07. The van der Waals surface area contributed by atoms with Crippen LogP contribution in [0.25, 0.3) is 10.9 Å². The smallest absolute Gasteiger partial charge is 0.322 e. The maximum absolute atomic E-state index is 13.4. The van der Waals surface area contributed by atoms with Crippen LogP contribution in [0.4, 0.5) is 4.39 Å². The van der Waals surface area contributed by atoms with E-state index in [1.54, 1.807) is 24.3 Å². The van der Waals surface area contributed by atoms with E-state index in [9.17, 15) is 8.96 Å². The minimum Gasteiger partial charge on any atom is -0.322 e. The first-order valence-electron chi connectivity index (χ1n) is 4.52. The second-order valence-corrected chi connectivity index (χ2v) is 5.02. The summed E-state index contributed by atoms with van der Waals surface area (Å²) in [5.41, 5.74) is 0.552. The quantitative estimate of drug-likeness (QED) is 0.792. The van der Waals surface area contributed by atoms with Crippen molar-refractivity contribution in [3.63, 3.8) is 0 Å². The zero-order valence-corrected chi connectivity index (χ0v) is 9.01. The highest BCUT2D eigenvalue weighted by atomic mass is 31.2. The van der Waals surface area contributed by atoms with Crippen LogP contribution in [0.1, 0.15) is 11.5 Å². The summed E-state index contributed by atoms with van der Waals surface area (Å²) in [7, 11) is -4.76. The van der Waals surface area contributed by atoms with Gasteiger partial charge in [0.05, 0.1) is 5.52 Å². The van der Waals surface area contributed by atoms with Crippen LogP contribution < -0.4 is 0 Å². The number of pyridine rings is 1. The Morgan fingerprint density at radius 1 is 1.31 bits per heavy atom. The lowest BCUT2D eigenvalue weighted by molar-refractivity contribution is 0.303. The second-order valence-electron chi connectivity index (χ2n) is 3.39. The molecule has 0 radical (unpaired) electrons. The molecule has 0 saturated heterocycles. The predicted molar refractivity (Wildman–Crippen MR) is 57.6 cm³/mol. The first-order valence-corrected chi connectivity index (χ1v) is 6.20. The average molecular weight is 241 g/mol. The SMILES string of the molecule is O=P(O)(O)C(F)c1cnc2ccccc2c1. The summed E-state index contributed by atoms with van der Waals surface area (Å²) in [6.07, 6.45) is 1.14. The third-order valence-electron chi connectivity index (χ3n) is 2.18. The van der Waals surface area contributed by atoms with Crippen LogP contribution in [0.15, 0.2) is 36.5 Å².